The van der Waals surface area contributed by atoms with E-state index in [2.05, 4.69) is 82.0 Å². The molecule has 3 rings (SSSR count). The van der Waals surface area contributed by atoms with Crippen LogP contribution in [0.15, 0.2) is 64.5 Å². The molecule has 1 aliphatic rings. The van der Waals surface area contributed by atoms with Crippen LogP contribution in [0, 0.1) is 0 Å². The highest BCUT2D eigenvalue weighted by Gasteiger charge is 2.11. The quantitative estimate of drug-likeness (QED) is 0.230. The first-order valence-electron chi connectivity index (χ1n) is 10.3. The van der Waals surface area contributed by atoms with E-state index in [0.717, 1.165) is 51.9 Å². The highest BCUT2D eigenvalue weighted by atomic mass is 127. The van der Waals surface area contributed by atoms with Crippen molar-refractivity contribution in [1.82, 2.24) is 15.5 Å². The number of ether oxygens (including phenoxy) is 1. The average molecular weight is 541 g/mol. The van der Waals surface area contributed by atoms with E-state index in [9.17, 15) is 0 Å². The highest BCUT2D eigenvalue weighted by molar-refractivity contribution is 14.0. The Hall–Kier alpha value is -1.29. The Balaban J connectivity index is 0.00000320. The molecule has 1 aliphatic heterocycles. The minimum absolute atomic E-state index is 0. The topological polar surface area (TPSA) is 48.9 Å². The van der Waals surface area contributed by atoms with Crippen LogP contribution in [0.1, 0.15) is 18.1 Å². The van der Waals surface area contributed by atoms with Crippen molar-refractivity contribution >= 4 is 41.7 Å². The van der Waals surface area contributed by atoms with Crippen LogP contribution in [0.4, 0.5) is 0 Å². The first kappa shape index (κ1) is 25.0. The first-order chi connectivity index (χ1) is 14.2. The fraction of sp³-hybridized carbons (Fsp3) is 0.435. The van der Waals surface area contributed by atoms with Crippen LogP contribution >= 0.6 is 35.7 Å². The van der Waals surface area contributed by atoms with Crippen molar-refractivity contribution in [3.8, 4) is 0 Å². The fourth-order valence-electron chi connectivity index (χ4n) is 3.28. The van der Waals surface area contributed by atoms with Gasteiger partial charge in [-0.3, -0.25) is 9.89 Å². The Kier molecular flexibility index (Phi) is 11.6. The maximum atomic E-state index is 5.44. The Labute approximate surface area is 202 Å². The van der Waals surface area contributed by atoms with Gasteiger partial charge in [-0.25, -0.2) is 0 Å². The lowest BCUT2D eigenvalue weighted by atomic mass is 10.1. The van der Waals surface area contributed by atoms with E-state index in [-0.39, 0.29) is 24.0 Å². The summed E-state index contributed by atoms with van der Waals surface area (Å²) in [6.45, 7) is 8.53. The monoisotopic (exact) mass is 540 g/mol. The molecule has 1 saturated heterocycles. The van der Waals surface area contributed by atoms with E-state index in [1.54, 1.807) is 0 Å². The highest BCUT2D eigenvalue weighted by Crippen LogP contribution is 2.21. The van der Waals surface area contributed by atoms with E-state index in [1.807, 2.05) is 18.8 Å². The number of aliphatic imine (C=N–C) groups is 1. The van der Waals surface area contributed by atoms with Crippen molar-refractivity contribution < 1.29 is 4.74 Å². The molecular formula is C23H33IN4OS. The van der Waals surface area contributed by atoms with Crippen LogP contribution in [0.3, 0.4) is 0 Å². The predicted octanol–water partition coefficient (Wildman–Crippen LogP) is 3.98. The van der Waals surface area contributed by atoms with Crippen molar-refractivity contribution in [2.24, 2.45) is 4.99 Å². The normalized spacial score (nSPS) is 15.9. The molecule has 0 aromatic heterocycles. The average Bonchev–Trinajstić information content (AvgIpc) is 2.75. The number of nitrogens with one attached hydrogen (secondary N) is 2. The second kappa shape index (κ2) is 13.9. The van der Waals surface area contributed by atoms with Crippen molar-refractivity contribution in [2.75, 3.05) is 39.9 Å². The van der Waals surface area contributed by atoms with E-state index in [4.69, 9.17) is 4.74 Å². The van der Waals surface area contributed by atoms with Gasteiger partial charge in [-0.05, 0) is 23.3 Å². The molecule has 7 heteroatoms. The summed E-state index contributed by atoms with van der Waals surface area (Å²) >= 11 is 1.87. The molecule has 2 aromatic rings. The molecule has 1 fully saturated rings. The molecule has 2 N–H and O–H groups in total. The van der Waals surface area contributed by atoms with Gasteiger partial charge in [0.2, 0.25) is 0 Å². The van der Waals surface area contributed by atoms with Crippen molar-refractivity contribution in [2.45, 2.75) is 30.2 Å². The molecule has 164 valence electrons. The van der Waals surface area contributed by atoms with Gasteiger partial charge in [0.25, 0.3) is 0 Å². The third-order valence-electron chi connectivity index (χ3n) is 4.82. The Morgan fingerprint density at radius 3 is 2.53 bits per heavy atom. The lowest BCUT2D eigenvalue weighted by Gasteiger charge is -2.26. The lowest BCUT2D eigenvalue weighted by Crippen LogP contribution is -2.39. The van der Waals surface area contributed by atoms with Crippen LogP contribution in [-0.2, 0) is 17.8 Å². The molecule has 0 saturated carbocycles. The van der Waals surface area contributed by atoms with Gasteiger partial charge in [0.1, 0.15) is 0 Å². The van der Waals surface area contributed by atoms with Crippen molar-refractivity contribution in [1.29, 1.82) is 0 Å². The summed E-state index contributed by atoms with van der Waals surface area (Å²) in [7, 11) is 1.82. The summed E-state index contributed by atoms with van der Waals surface area (Å²) in [4.78, 5) is 8.10. The van der Waals surface area contributed by atoms with Crippen LogP contribution in [0.2, 0.25) is 0 Å². The maximum Gasteiger partial charge on any atom is 0.191 e. The molecule has 30 heavy (non-hydrogen) atoms. The lowest BCUT2D eigenvalue weighted by molar-refractivity contribution is 0.0342. The van der Waals surface area contributed by atoms with E-state index in [1.165, 1.54) is 16.0 Å². The van der Waals surface area contributed by atoms with Crippen LogP contribution in [0.25, 0.3) is 0 Å². The molecule has 0 radical (unpaired) electrons. The van der Waals surface area contributed by atoms with E-state index >= 15 is 0 Å². The molecule has 1 unspecified atom stereocenters. The van der Waals surface area contributed by atoms with Gasteiger partial charge in [-0.2, -0.15) is 0 Å². The summed E-state index contributed by atoms with van der Waals surface area (Å²) < 4.78 is 5.44. The van der Waals surface area contributed by atoms with Crippen molar-refractivity contribution in [3.63, 3.8) is 0 Å². The Morgan fingerprint density at radius 2 is 1.80 bits per heavy atom. The van der Waals surface area contributed by atoms with E-state index in [0.29, 0.717) is 5.25 Å². The Bertz CT molecular complexity index is 769. The summed E-state index contributed by atoms with van der Waals surface area (Å²) in [5, 5.41) is 7.32. The number of benzene rings is 2. The van der Waals surface area contributed by atoms with E-state index < -0.39 is 0 Å². The van der Waals surface area contributed by atoms with Gasteiger partial charge in [0.15, 0.2) is 5.96 Å². The number of guanidine groups is 1. The van der Waals surface area contributed by atoms with Gasteiger partial charge in [0, 0.05) is 49.9 Å². The summed E-state index contributed by atoms with van der Waals surface area (Å²) in [5.41, 5.74) is 2.62. The summed E-state index contributed by atoms with van der Waals surface area (Å²) in [6.07, 6.45) is 0. The zero-order chi connectivity index (χ0) is 20.3. The predicted molar refractivity (Wildman–Crippen MR) is 138 cm³/mol. The van der Waals surface area contributed by atoms with Gasteiger partial charge >= 0.3 is 0 Å². The standard InChI is InChI=1S/C23H32N4OS.HI/c1-19(29-22-9-4-3-5-10-22)16-25-23(24-2)26-17-20-7-6-8-21(15-20)18-27-11-13-28-14-12-27;/h3-10,15,19H,11-14,16-18H2,1-2H3,(H2,24,25,26);1H. The molecule has 1 heterocycles. The smallest absolute Gasteiger partial charge is 0.191 e. The third kappa shape index (κ3) is 8.83. The first-order valence-corrected chi connectivity index (χ1v) is 11.1. The zero-order valence-corrected chi connectivity index (χ0v) is 21.0. The van der Waals surface area contributed by atoms with Gasteiger partial charge in [0.05, 0.1) is 13.2 Å². The third-order valence-corrected chi connectivity index (χ3v) is 5.94. The fourth-order valence-corrected chi connectivity index (χ4v) is 4.22. The summed E-state index contributed by atoms with van der Waals surface area (Å²) in [6, 6.07) is 19.3. The zero-order valence-electron chi connectivity index (χ0n) is 17.8. The Morgan fingerprint density at radius 1 is 1.07 bits per heavy atom. The molecule has 1 atom stereocenters. The SMILES string of the molecule is CN=C(NCc1cccc(CN2CCOCC2)c1)NCC(C)Sc1ccccc1.I. The molecule has 0 amide bonds. The van der Waals surface area contributed by atoms with Gasteiger partial charge in [-0.15, -0.1) is 35.7 Å². The summed E-state index contributed by atoms with van der Waals surface area (Å²) in [5.74, 6) is 0.837. The van der Waals surface area contributed by atoms with Crippen LogP contribution < -0.4 is 10.6 Å². The number of hydrogen-bond donors (Lipinski definition) is 2. The molecule has 0 spiro atoms. The van der Waals surface area contributed by atoms with Gasteiger partial charge < -0.3 is 15.4 Å². The van der Waals surface area contributed by atoms with Crippen molar-refractivity contribution in [3.05, 3.63) is 65.7 Å². The molecular weight excluding hydrogens is 507 g/mol. The van der Waals surface area contributed by atoms with Crippen LogP contribution in [0.5, 0.6) is 0 Å². The number of thioether (sulfide) groups is 1. The van der Waals surface area contributed by atoms with Gasteiger partial charge in [-0.1, -0.05) is 49.4 Å². The largest absolute Gasteiger partial charge is 0.379 e. The molecule has 2 aromatic carbocycles. The number of morpholine rings is 1. The number of hydrogen-bond acceptors (Lipinski definition) is 4. The number of nitrogens with zero attached hydrogens (tertiary/aromatic N) is 2. The molecule has 0 bridgehead atoms. The molecule has 5 nitrogen and oxygen atoms in total. The second-order valence-corrected chi connectivity index (χ2v) is 8.77. The minimum Gasteiger partial charge on any atom is -0.379 e. The number of rotatable bonds is 8. The second-order valence-electron chi connectivity index (χ2n) is 7.26. The molecule has 0 aliphatic carbocycles. The van der Waals surface area contributed by atoms with Crippen LogP contribution in [-0.4, -0.2) is 56.0 Å². The maximum absolute atomic E-state index is 5.44. The number of halogens is 1. The minimum atomic E-state index is 0.